The van der Waals surface area contributed by atoms with E-state index in [4.69, 9.17) is 9.84 Å². The summed E-state index contributed by atoms with van der Waals surface area (Å²) in [7, 11) is 0. The Morgan fingerprint density at radius 1 is 1.21 bits per heavy atom. The van der Waals surface area contributed by atoms with E-state index in [1.807, 2.05) is 20.8 Å². The molecule has 102 valence electrons. The lowest BCUT2D eigenvalue weighted by molar-refractivity contribution is -0.131. The molecule has 0 saturated heterocycles. The molecule has 0 bridgehead atoms. The Balaban J connectivity index is 3.03. The van der Waals surface area contributed by atoms with Crippen LogP contribution in [0, 0.1) is 13.8 Å². The van der Waals surface area contributed by atoms with Crippen molar-refractivity contribution in [3.8, 4) is 5.75 Å². The molecule has 0 amide bonds. The first kappa shape index (κ1) is 15.0. The fraction of sp³-hybridized carbons (Fsp3) is 0.333. The molecule has 4 nitrogen and oxygen atoms in total. The molecule has 1 aromatic rings. The normalized spacial score (nSPS) is 10.7. The third-order valence-electron chi connectivity index (χ3n) is 2.60. The summed E-state index contributed by atoms with van der Waals surface area (Å²) in [5.74, 6) is -0.707. The van der Waals surface area contributed by atoms with Crippen molar-refractivity contribution in [1.29, 1.82) is 0 Å². The number of rotatable bonds is 6. The van der Waals surface area contributed by atoms with Gasteiger partial charge in [-0.15, -0.1) is 0 Å². The highest BCUT2D eigenvalue weighted by Gasteiger charge is 2.12. The predicted molar refractivity (Wildman–Crippen MR) is 72.8 cm³/mol. The zero-order valence-corrected chi connectivity index (χ0v) is 11.4. The monoisotopic (exact) mass is 262 g/mol. The average molecular weight is 262 g/mol. The smallest absolute Gasteiger partial charge is 0.328 e. The SMILES string of the molecule is CCCOc1cc(C)c(C(=O)/C=C/C(=O)O)c(C)c1. The van der Waals surface area contributed by atoms with Crippen LogP contribution in [-0.4, -0.2) is 23.5 Å². The van der Waals surface area contributed by atoms with E-state index >= 15 is 0 Å². The Morgan fingerprint density at radius 2 is 1.79 bits per heavy atom. The standard InChI is InChI=1S/C15H18O4/c1-4-7-19-12-8-10(2)15(11(3)9-12)13(16)5-6-14(17)18/h5-6,8-9H,4,7H2,1-3H3,(H,17,18)/b6-5+. The fourth-order valence-corrected chi connectivity index (χ4v) is 1.85. The Morgan fingerprint density at radius 3 is 2.26 bits per heavy atom. The number of aryl methyl sites for hydroxylation is 2. The minimum atomic E-state index is -1.13. The van der Waals surface area contributed by atoms with Gasteiger partial charge < -0.3 is 9.84 Å². The number of carboxylic acids is 1. The lowest BCUT2D eigenvalue weighted by Crippen LogP contribution is -2.04. The Labute approximate surface area is 112 Å². The maximum Gasteiger partial charge on any atom is 0.328 e. The first-order chi connectivity index (χ1) is 8.95. The number of ketones is 1. The van der Waals surface area contributed by atoms with Gasteiger partial charge >= 0.3 is 5.97 Å². The molecule has 1 aromatic carbocycles. The van der Waals surface area contributed by atoms with Crippen molar-refractivity contribution in [2.24, 2.45) is 0 Å². The van der Waals surface area contributed by atoms with Gasteiger partial charge in [0.15, 0.2) is 5.78 Å². The molecule has 0 aliphatic carbocycles. The fourth-order valence-electron chi connectivity index (χ4n) is 1.85. The van der Waals surface area contributed by atoms with Crippen LogP contribution in [0.1, 0.15) is 34.8 Å². The molecule has 0 radical (unpaired) electrons. The molecule has 4 heteroatoms. The first-order valence-electron chi connectivity index (χ1n) is 6.15. The molecular weight excluding hydrogens is 244 g/mol. The summed E-state index contributed by atoms with van der Waals surface area (Å²) in [5.41, 5.74) is 2.10. The van der Waals surface area contributed by atoms with E-state index in [-0.39, 0.29) is 5.78 Å². The number of carboxylic acid groups (broad SMARTS) is 1. The van der Waals surface area contributed by atoms with E-state index in [2.05, 4.69) is 0 Å². The van der Waals surface area contributed by atoms with Gasteiger partial charge in [-0.3, -0.25) is 4.79 Å². The minimum Gasteiger partial charge on any atom is -0.494 e. The summed E-state index contributed by atoms with van der Waals surface area (Å²) in [6.45, 7) is 6.28. The summed E-state index contributed by atoms with van der Waals surface area (Å²) in [6, 6.07) is 3.59. The largest absolute Gasteiger partial charge is 0.494 e. The van der Waals surface area contributed by atoms with E-state index < -0.39 is 5.97 Å². The molecule has 1 rings (SSSR count). The van der Waals surface area contributed by atoms with Crippen LogP contribution in [-0.2, 0) is 4.79 Å². The van der Waals surface area contributed by atoms with Crippen molar-refractivity contribution >= 4 is 11.8 Å². The number of ether oxygens (including phenoxy) is 1. The van der Waals surface area contributed by atoms with Crippen molar-refractivity contribution < 1.29 is 19.4 Å². The zero-order chi connectivity index (χ0) is 14.4. The van der Waals surface area contributed by atoms with Gasteiger partial charge in [0.25, 0.3) is 0 Å². The summed E-state index contributed by atoms with van der Waals surface area (Å²) in [6.07, 6.45) is 2.84. The maximum atomic E-state index is 11.9. The molecule has 0 atom stereocenters. The molecule has 0 heterocycles. The summed E-state index contributed by atoms with van der Waals surface area (Å²) in [4.78, 5) is 22.3. The molecule has 19 heavy (non-hydrogen) atoms. The van der Waals surface area contributed by atoms with E-state index in [1.54, 1.807) is 12.1 Å². The molecule has 0 saturated carbocycles. The van der Waals surface area contributed by atoms with Gasteiger partial charge in [-0.25, -0.2) is 4.79 Å². The topological polar surface area (TPSA) is 63.6 Å². The number of hydrogen-bond donors (Lipinski definition) is 1. The number of carbonyl (C=O) groups is 2. The Bertz CT molecular complexity index is 492. The first-order valence-corrected chi connectivity index (χ1v) is 6.15. The van der Waals surface area contributed by atoms with E-state index in [9.17, 15) is 9.59 Å². The number of carbonyl (C=O) groups excluding carboxylic acids is 1. The van der Waals surface area contributed by atoms with Gasteiger partial charge in [-0.05, 0) is 49.6 Å². The second kappa shape index (κ2) is 6.73. The summed E-state index contributed by atoms with van der Waals surface area (Å²) in [5, 5.41) is 8.53. The van der Waals surface area contributed by atoms with Crippen LogP contribution >= 0.6 is 0 Å². The van der Waals surface area contributed by atoms with Gasteiger partial charge in [-0.2, -0.15) is 0 Å². The molecule has 0 fully saturated rings. The predicted octanol–water partition coefficient (Wildman–Crippen LogP) is 2.92. The Kier molecular flexibility index (Phi) is 5.30. The highest BCUT2D eigenvalue weighted by atomic mass is 16.5. The second-order valence-electron chi connectivity index (χ2n) is 4.32. The van der Waals surface area contributed by atoms with Gasteiger partial charge in [0.1, 0.15) is 5.75 Å². The van der Waals surface area contributed by atoms with Gasteiger partial charge in [-0.1, -0.05) is 6.92 Å². The second-order valence-corrected chi connectivity index (χ2v) is 4.32. The van der Waals surface area contributed by atoms with Gasteiger partial charge in [0, 0.05) is 11.6 Å². The van der Waals surface area contributed by atoms with Crippen molar-refractivity contribution in [3.05, 3.63) is 41.0 Å². The number of aliphatic carboxylic acids is 1. The third kappa shape index (κ3) is 4.25. The van der Waals surface area contributed by atoms with Crippen LogP contribution in [0.2, 0.25) is 0 Å². The van der Waals surface area contributed by atoms with Crippen LogP contribution in [0.25, 0.3) is 0 Å². The Hall–Kier alpha value is -2.10. The molecule has 0 aliphatic heterocycles. The molecule has 0 aliphatic rings. The van der Waals surface area contributed by atoms with Crippen molar-refractivity contribution in [3.63, 3.8) is 0 Å². The van der Waals surface area contributed by atoms with E-state index in [0.717, 1.165) is 35.4 Å². The van der Waals surface area contributed by atoms with E-state index in [1.165, 1.54) is 0 Å². The van der Waals surface area contributed by atoms with Crippen molar-refractivity contribution in [2.75, 3.05) is 6.61 Å². The summed E-state index contributed by atoms with van der Waals surface area (Å²) < 4.78 is 5.53. The number of hydrogen-bond acceptors (Lipinski definition) is 3. The molecule has 0 unspecified atom stereocenters. The average Bonchev–Trinajstić information content (AvgIpc) is 2.33. The number of benzene rings is 1. The quantitative estimate of drug-likeness (QED) is 0.632. The van der Waals surface area contributed by atoms with E-state index in [0.29, 0.717) is 12.2 Å². The molecule has 0 aromatic heterocycles. The van der Waals surface area contributed by atoms with Crippen LogP contribution in [0.15, 0.2) is 24.3 Å². The van der Waals surface area contributed by atoms with Crippen LogP contribution in [0.3, 0.4) is 0 Å². The summed E-state index contributed by atoms with van der Waals surface area (Å²) >= 11 is 0. The van der Waals surface area contributed by atoms with Crippen LogP contribution in [0.4, 0.5) is 0 Å². The third-order valence-corrected chi connectivity index (χ3v) is 2.60. The molecule has 1 N–H and O–H groups in total. The van der Waals surface area contributed by atoms with Crippen molar-refractivity contribution in [1.82, 2.24) is 0 Å². The lowest BCUT2D eigenvalue weighted by Gasteiger charge is -2.11. The van der Waals surface area contributed by atoms with Crippen molar-refractivity contribution in [2.45, 2.75) is 27.2 Å². The lowest BCUT2D eigenvalue weighted by atomic mass is 9.98. The van der Waals surface area contributed by atoms with Crippen LogP contribution in [0.5, 0.6) is 5.75 Å². The maximum absolute atomic E-state index is 11.9. The highest BCUT2D eigenvalue weighted by Crippen LogP contribution is 2.22. The molecular formula is C15H18O4. The highest BCUT2D eigenvalue weighted by molar-refractivity contribution is 6.08. The zero-order valence-electron chi connectivity index (χ0n) is 11.4. The molecule has 0 spiro atoms. The van der Waals surface area contributed by atoms with Gasteiger partial charge in [0.05, 0.1) is 6.61 Å². The van der Waals surface area contributed by atoms with Gasteiger partial charge in [0.2, 0.25) is 0 Å². The van der Waals surface area contributed by atoms with Crippen LogP contribution < -0.4 is 4.74 Å². The number of allylic oxidation sites excluding steroid dienone is 1. The minimum absolute atomic E-state index is 0.306.